The van der Waals surface area contributed by atoms with E-state index >= 15 is 0 Å². The molecule has 1 N–H and O–H groups in total. The first-order chi connectivity index (χ1) is 16.2. The van der Waals surface area contributed by atoms with E-state index in [9.17, 15) is 18.0 Å². The van der Waals surface area contributed by atoms with Crippen molar-refractivity contribution in [2.45, 2.75) is 40.3 Å². The molecule has 1 atom stereocenters. The van der Waals surface area contributed by atoms with Gasteiger partial charge in [-0.15, -0.1) is 0 Å². The molecule has 0 fully saturated rings. The highest BCUT2D eigenvalue weighted by molar-refractivity contribution is 7.92. The van der Waals surface area contributed by atoms with E-state index in [1.165, 1.54) is 11.0 Å². The average Bonchev–Trinajstić information content (AvgIpc) is 2.75. The number of carbonyl (C=O) groups excluding carboxylic acids is 2. The van der Waals surface area contributed by atoms with E-state index in [0.717, 1.165) is 10.6 Å². The minimum Gasteiger partial charge on any atom is -0.354 e. The molecule has 0 aliphatic rings. The zero-order chi connectivity index (χ0) is 26.5. The van der Waals surface area contributed by atoms with Crippen molar-refractivity contribution in [3.05, 3.63) is 62.6 Å². The van der Waals surface area contributed by atoms with Crippen molar-refractivity contribution in [1.82, 2.24) is 10.2 Å². The summed E-state index contributed by atoms with van der Waals surface area (Å²) in [7, 11) is -3.86. The van der Waals surface area contributed by atoms with Gasteiger partial charge in [-0.2, -0.15) is 0 Å². The second-order valence-electron chi connectivity index (χ2n) is 8.77. The third-order valence-electron chi connectivity index (χ3n) is 5.33. The summed E-state index contributed by atoms with van der Waals surface area (Å²) in [6.07, 6.45) is 1.01. The lowest BCUT2D eigenvalue weighted by atomic mass is 10.1. The Morgan fingerprint density at radius 3 is 2.17 bits per heavy atom. The van der Waals surface area contributed by atoms with Gasteiger partial charge in [-0.05, 0) is 55.2 Å². The van der Waals surface area contributed by atoms with Crippen molar-refractivity contribution in [2.24, 2.45) is 5.92 Å². The van der Waals surface area contributed by atoms with Crippen LogP contribution in [-0.2, 0) is 26.2 Å². The highest BCUT2D eigenvalue weighted by Crippen LogP contribution is 2.27. The number of carbonyl (C=O) groups is 2. The standard InChI is InChI=1S/C24H30Cl3N3O4S/c1-15(2)12-28-24(32)17(4)29(13-18-7-9-19(25)10-21(18)27)23(31)14-30(35(5,33)34)22-11-20(26)8-6-16(22)3/h6-11,15,17H,12-14H2,1-5H3,(H,28,32)/t17-/m1/s1. The first-order valence-corrected chi connectivity index (χ1v) is 13.9. The number of halogens is 3. The number of hydrogen-bond acceptors (Lipinski definition) is 4. The van der Waals surface area contributed by atoms with Gasteiger partial charge in [0.05, 0.1) is 11.9 Å². The van der Waals surface area contributed by atoms with Crippen LogP contribution in [0.1, 0.15) is 31.9 Å². The molecule has 2 aromatic carbocycles. The fourth-order valence-electron chi connectivity index (χ4n) is 3.31. The van der Waals surface area contributed by atoms with Crippen molar-refractivity contribution >= 4 is 62.3 Å². The minimum atomic E-state index is -3.86. The van der Waals surface area contributed by atoms with Gasteiger partial charge >= 0.3 is 0 Å². The lowest BCUT2D eigenvalue weighted by Gasteiger charge is -2.32. The second-order valence-corrected chi connectivity index (χ2v) is 12.0. The monoisotopic (exact) mass is 561 g/mol. The van der Waals surface area contributed by atoms with Crippen molar-refractivity contribution in [2.75, 3.05) is 23.7 Å². The highest BCUT2D eigenvalue weighted by Gasteiger charge is 2.31. The Hall–Kier alpha value is -2.00. The normalized spacial score (nSPS) is 12.4. The molecule has 2 rings (SSSR count). The van der Waals surface area contributed by atoms with Crippen LogP contribution < -0.4 is 9.62 Å². The first kappa shape index (κ1) is 29.2. The molecule has 0 radical (unpaired) electrons. The zero-order valence-electron chi connectivity index (χ0n) is 20.3. The quantitative estimate of drug-likeness (QED) is 0.446. The number of anilines is 1. The number of nitrogens with zero attached hydrogens (tertiary/aromatic N) is 2. The summed E-state index contributed by atoms with van der Waals surface area (Å²) in [5, 5.41) is 3.91. The summed E-state index contributed by atoms with van der Waals surface area (Å²) < 4.78 is 26.4. The number of sulfonamides is 1. The molecule has 0 bridgehead atoms. The van der Waals surface area contributed by atoms with E-state index in [2.05, 4.69) is 5.32 Å². The Kier molecular flexibility index (Phi) is 10.3. The Balaban J connectivity index is 2.45. The molecule has 0 heterocycles. The van der Waals surface area contributed by atoms with Gasteiger partial charge in [-0.25, -0.2) is 8.42 Å². The van der Waals surface area contributed by atoms with Gasteiger partial charge < -0.3 is 10.2 Å². The average molecular weight is 563 g/mol. The van der Waals surface area contributed by atoms with Gasteiger partial charge in [0.2, 0.25) is 21.8 Å². The predicted octanol–water partition coefficient (Wildman–Crippen LogP) is 4.91. The van der Waals surface area contributed by atoms with E-state index in [4.69, 9.17) is 34.8 Å². The molecule has 7 nitrogen and oxygen atoms in total. The molecule has 0 aliphatic carbocycles. The van der Waals surface area contributed by atoms with Crippen molar-refractivity contribution < 1.29 is 18.0 Å². The lowest BCUT2D eigenvalue weighted by Crippen LogP contribution is -2.51. The van der Waals surface area contributed by atoms with E-state index in [1.54, 1.807) is 44.2 Å². The number of aryl methyl sites for hydroxylation is 1. The predicted molar refractivity (Wildman–Crippen MR) is 143 cm³/mol. The molecule has 0 saturated carbocycles. The van der Waals surface area contributed by atoms with E-state index < -0.39 is 28.5 Å². The van der Waals surface area contributed by atoms with Crippen molar-refractivity contribution in [3.8, 4) is 0 Å². The maximum Gasteiger partial charge on any atom is 0.244 e. The van der Waals surface area contributed by atoms with Gasteiger partial charge in [0.25, 0.3) is 0 Å². The van der Waals surface area contributed by atoms with Crippen LogP contribution in [0.15, 0.2) is 36.4 Å². The largest absolute Gasteiger partial charge is 0.354 e. The summed E-state index contributed by atoms with van der Waals surface area (Å²) in [6.45, 7) is 7.13. The van der Waals surface area contributed by atoms with Gasteiger partial charge in [0.1, 0.15) is 12.6 Å². The van der Waals surface area contributed by atoms with Gasteiger partial charge in [-0.3, -0.25) is 13.9 Å². The highest BCUT2D eigenvalue weighted by atomic mass is 35.5. The Morgan fingerprint density at radius 2 is 1.60 bits per heavy atom. The fourth-order valence-corrected chi connectivity index (χ4v) is 4.85. The molecule has 192 valence electrons. The summed E-state index contributed by atoms with van der Waals surface area (Å²) >= 11 is 18.4. The lowest BCUT2D eigenvalue weighted by molar-refractivity contribution is -0.139. The summed E-state index contributed by atoms with van der Waals surface area (Å²) in [4.78, 5) is 27.7. The third kappa shape index (κ3) is 8.27. The SMILES string of the molecule is Cc1ccc(Cl)cc1N(CC(=O)N(Cc1ccc(Cl)cc1Cl)[C@H](C)C(=O)NCC(C)C)S(C)(=O)=O. The third-order valence-corrected chi connectivity index (χ3v) is 7.28. The molecule has 0 aromatic heterocycles. The maximum absolute atomic E-state index is 13.6. The molecule has 11 heteroatoms. The smallest absolute Gasteiger partial charge is 0.244 e. The number of hydrogen-bond donors (Lipinski definition) is 1. The van der Waals surface area contributed by atoms with Crippen molar-refractivity contribution in [3.63, 3.8) is 0 Å². The molecule has 2 aromatic rings. The number of benzene rings is 2. The summed E-state index contributed by atoms with van der Waals surface area (Å²) in [5.74, 6) is -0.720. The molecular weight excluding hydrogens is 533 g/mol. The molecule has 35 heavy (non-hydrogen) atoms. The van der Waals surface area contributed by atoms with Crippen LogP contribution >= 0.6 is 34.8 Å². The fraction of sp³-hybridized carbons (Fsp3) is 0.417. The minimum absolute atomic E-state index is 0.0166. The summed E-state index contributed by atoms with van der Waals surface area (Å²) in [6, 6.07) is 8.75. The molecule has 0 saturated heterocycles. The topological polar surface area (TPSA) is 86.8 Å². The molecular formula is C24H30Cl3N3O4S. The van der Waals surface area contributed by atoms with Gasteiger partial charge in [-0.1, -0.05) is 60.8 Å². The maximum atomic E-state index is 13.6. The van der Waals surface area contributed by atoms with Crippen LogP contribution in [0.25, 0.3) is 0 Å². The molecule has 2 amide bonds. The van der Waals surface area contributed by atoms with Crippen LogP contribution in [-0.4, -0.2) is 50.5 Å². The molecule has 0 spiro atoms. The molecule has 0 aliphatic heterocycles. The van der Waals surface area contributed by atoms with Crippen LogP contribution in [0, 0.1) is 12.8 Å². The van der Waals surface area contributed by atoms with Crippen LogP contribution in [0.4, 0.5) is 5.69 Å². The van der Waals surface area contributed by atoms with E-state index in [-0.39, 0.29) is 24.1 Å². The number of amides is 2. The van der Waals surface area contributed by atoms with Crippen LogP contribution in [0.2, 0.25) is 15.1 Å². The Bertz CT molecular complexity index is 1190. The van der Waals surface area contributed by atoms with E-state index in [1.807, 2.05) is 13.8 Å². The van der Waals surface area contributed by atoms with E-state index in [0.29, 0.717) is 32.7 Å². The Morgan fingerprint density at radius 1 is 1.00 bits per heavy atom. The van der Waals surface area contributed by atoms with Gasteiger partial charge in [0, 0.05) is 28.2 Å². The molecule has 0 unspecified atom stereocenters. The first-order valence-electron chi connectivity index (χ1n) is 11.0. The Labute approximate surface area is 222 Å². The number of nitrogens with one attached hydrogen (secondary N) is 1. The van der Waals surface area contributed by atoms with Gasteiger partial charge in [0.15, 0.2) is 0 Å². The van der Waals surface area contributed by atoms with Crippen LogP contribution in [0.3, 0.4) is 0 Å². The number of rotatable bonds is 10. The van der Waals surface area contributed by atoms with Crippen LogP contribution in [0.5, 0.6) is 0 Å². The second kappa shape index (κ2) is 12.3. The summed E-state index contributed by atoms with van der Waals surface area (Å²) in [5.41, 5.74) is 1.48. The zero-order valence-corrected chi connectivity index (χ0v) is 23.4. The van der Waals surface area contributed by atoms with Crippen molar-refractivity contribution in [1.29, 1.82) is 0 Å².